The van der Waals surface area contributed by atoms with Crippen molar-refractivity contribution in [3.8, 4) is 0 Å². The van der Waals surface area contributed by atoms with Gasteiger partial charge in [0.25, 0.3) is 0 Å². The lowest BCUT2D eigenvalue weighted by molar-refractivity contribution is 0.0387. The van der Waals surface area contributed by atoms with Crippen LogP contribution in [-0.4, -0.2) is 41.0 Å². The van der Waals surface area contributed by atoms with Gasteiger partial charge in [-0.1, -0.05) is 0 Å². The molecule has 0 amide bonds. The Hall–Kier alpha value is -0.130. The van der Waals surface area contributed by atoms with Crippen molar-refractivity contribution in [2.75, 3.05) is 31.3 Å². The van der Waals surface area contributed by atoms with Crippen LogP contribution in [0.1, 0.15) is 6.42 Å². The first-order valence-corrected chi connectivity index (χ1v) is 6.09. The molecule has 0 radical (unpaired) electrons. The fourth-order valence-corrected chi connectivity index (χ4v) is 4.00. The van der Waals surface area contributed by atoms with Crippen molar-refractivity contribution in [3.63, 3.8) is 0 Å². The van der Waals surface area contributed by atoms with E-state index in [1.165, 1.54) is 0 Å². The quantitative estimate of drug-likeness (QED) is 0.556. The first-order valence-electron chi connectivity index (χ1n) is 4.19. The molecule has 1 spiro atoms. The number of hydrogen-bond donors (Lipinski definition) is 2. The molecule has 0 aromatic carbocycles. The summed E-state index contributed by atoms with van der Waals surface area (Å²) in [7, 11) is -2.30. The lowest BCUT2D eigenvalue weighted by Crippen LogP contribution is -2.55. The summed E-state index contributed by atoms with van der Waals surface area (Å²) in [6.45, 7) is 2.19. The summed E-state index contributed by atoms with van der Waals surface area (Å²) in [5.41, 5.74) is -0.128. The fourth-order valence-electron chi connectivity index (χ4n) is 1.91. The van der Waals surface area contributed by atoms with Crippen molar-refractivity contribution < 1.29 is 8.95 Å². The molecule has 0 aromatic rings. The average molecular weight is 190 g/mol. The summed E-state index contributed by atoms with van der Waals surface area (Å²) in [5, 5.41) is 3.33. The summed E-state index contributed by atoms with van der Waals surface area (Å²) in [5.74, 6) is 1.00. The first-order chi connectivity index (χ1) is 5.62. The Balaban J connectivity index is 2.13. The molecule has 2 heterocycles. The molecule has 70 valence electrons. The number of morpholine rings is 1. The Labute approximate surface area is 72.6 Å². The Bertz CT molecular complexity index is 267. The highest BCUT2D eigenvalue weighted by Crippen LogP contribution is 2.25. The lowest BCUT2D eigenvalue weighted by atomic mass is 9.99. The van der Waals surface area contributed by atoms with Crippen LogP contribution in [0.5, 0.6) is 0 Å². The van der Waals surface area contributed by atoms with Crippen molar-refractivity contribution in [2.45, 2.75) is 12.0 Å². The minimum absolute atomic E-state index is 0.128. The van der Waals surface area contributed by atoms with Crippen LogP contribution in [0.2, 0.25) is 0 Å². The number of ether oxygens (including phenoxy) is 1. The molecule has 2 aliphatic rings. The van der Waals surface area contributed by atoms with Crippen LogP contribution in [0.15, 0.2) is 0 Å². The van der Waals surface area contributed by atoms with Crippen molar-refractivity contribution in [1.82, 2.24) is 5.32 Å². The highest BCUT2D eigenvalue weighted by atomic mass is 32.2. The second-order valence-corrected chi connectivity index (χ2v) is 5.99. The van der Waals surface area contributed by atoms with Crippen LogP contribution in [0.3, 0.4) is 0 Å². The third kappa shape index (κ3) is 1.48. The summed E-state index contributed by atoms with van der Waals surface area (Å²) >= 11 is 0. The minimum Gasteiger partial charge on any atom is -0.378 e. The van der Waals surface area contributed by atoms with Crippen molar-refractivity contribution >= 4 is 9.73 Å². The molecule has 0 aromatic heterocycles. The fraction of sp³-hybridized carbons (Fsp3) is 1.00. The smallest absolute Gasteiger partial charge is 0.0658 e. The van der Waals surface area contributed by atoms with Crippen molar-refractivity contribution in [2.24, 2.45) is 0 Å². The highest BCUT2D eigenvalue weighted by Gasteiger charge is 2.41. The highest BCUT2D eigenvalue weighted by molar-refractivity contribution is 7.92. The topological polar surface area (TPSA) is 62.2 Å². The van der Waals surface area contributed by atoms with E-state index in [4.69, 9.17) is 9.52 Å². The van der Waals surface area contributed by atoms with E-state index in [0.717, 1.165) is 19.6 Å². The molecule has 0 saturated carbocycles. The molecule has 2 unspecified atom stereocenters. The third-order valence-corrected chi connectivity index (χ3v) is 4.43. The molecular formula is C7H14N2O2S. The van der Waals surface area contributed by atoms with Crippen LogP contribution < -0.4 is 5.32 Å². The largest absolute Gasteiger partial charge is 0.378 e. The van der Waals surface area contributed by atoms with E-state index >= 15 is 0 Å². The van der Waals surface area contributed by atoms with E-state index in [0.29, 0.717) is 18.1 Å². The van der Waals surface area contributed by atoms with Gasteiger partial charge in [-0.25, -0.2) is 4.21 Å². The van der Waals surface area contributed by atoms with Crippen LogP contribution in [0.25, 0.3) is 0 Å². The van der Waals surface area contributed by atoms with Gasteiger partial charge in [-0.05, 0) is 6.42 Å². The Kier molecular flexibility index (Phi) is 1.89. The zero-order valence-electron chi connectivity index (χ0n) is 6.97. The van der Waals surface area contributed by atoms with E-state index in [9.17, 15) is 4.21 Å². The Morgan fingerprint density at radius 2 is 2.42 bits per heavy atom. The van der Waals surface area contributed by atoms with Gasteiger partial charge in [0.1, 0.15) is 0 Å². The second kappa shape index (κ2) is 2.68. The molecule has 5 heteroatoms. The van der Waals surface area contributed by atoms with Crippen LogP contribution in [0, 0.1) is 4.78 Å². The Morgan fingerprint density at radius 3 is 2.92 bits per heavy atom. The predicted octanol–water partition coefficient (Wildman–Crippen LogP) is -0.205. The number of nitrogens with one attached hydrogen (secondary N) is 2. The van der Waals surface area contributed by atoms with E-state index in [-0.39, 0.29) is 5.54 Å². The summed E-state index contributed by atoms with van der Waals surface area (Å²) < 4.78 is 24.2. The molecule has 2 atom stereocenters. The Morgan fingerprint density at radius 1 is 1.58 bits per heavy atom. The maximum atomic E-state index is 11.4. The molecule has 12 heavy (non-hydrogen) atoms. The molecule has 0 bridgehead atoms. The summed E-state index contributed by atoms with van der Waals surface area (Å²) in [6, 6.07) is 0. The minimum atomic E-state index is -2.30. The van der Waals surface area contributed by atoms with Gasteiger partial charge >= 0.3 is 0 Å². The van der Waals surface area contributed by atoms with Gasteiger partial charge in [0.15, 0.2) is 0 Å². The molecule has 2 N–H and O–H groups in total. The van der Waals surface area contributed by atoms with Gasteiger partial charge < -0.3 is 10.1 Å². The summed E-state index contributed by atoms with van der Waals surface area (Å²) in [4.78, 5) is 0. The van der Waals surface area contributed by atoms with Gasteiger partial charge in [0.2, 0.25) is 0 Å². The van der Waals surface area contributed by atoms with Gasteiger partial charge in [0.05, 0.1) is 24.5 Å². The molecule has 2 aliphatic heterocycles. The average Bonchev–Trinajstić information content (AvgIpc) is 2.29. The molecule has 2 fully saturated rings. The zero-order valence-corrected chi connectivity index (χ0v) is 7.78. The standard InChI is InChI=1S/C7H14N2O2S/c8-12(10)4-1-7(6-12)5-11-3-2-9-7/h8-9H,1-6H2. The molecule has 0 aliphatic carbocycles. The van der Waals surface area contributed by atoms with Crippen molar-refractivity contribution in [3.05, 3.63) is 0 Å². The molecule has 4 nitrogen and oxygen atoms in total. The SMILES string of the molecule is N=S1(=O)CCC2(COCCN2)C1. The van der Waals surface area contributed by atoms with E-state index in [2.05, 4.69) is 5.32 Å². The molecular weight excluding hydrogens is 176 g/mol. The van der Waals surface area contributed by atoms with E-state index < -0.39 is 9.73 Å². The van der Waals surface area contributed by atoms with Gasteiger partial charge in [-0.15, -0.1) is 0 Å². The van der Waals surface area contributed by atoms with Gasteiger partial charge in [0, 0.05) is 22.0 Å². The zero-order chi connectivity index (χ0) is 8.66. The number of rotatable bonds is 0. The van der Waals surface area contributed by atoms with Gasteiger partial charge in [-0.2, -0.15) is 0 Å². The number of hydrogen-bond acceptors (Lipinski definition) is 4. The lowest BCUT2D eigenvalue weighted by Gasteiger charge is -2.33. The summed E-state index contributed by atoms with van der Waals surface area (Å²) in [6.07, 6.45) is 0.829. The van der Waals surface area contributed by atoms with Crippen LogP contribution >= 0.6 is 0 Å². The van der Waals surface area contributed by atoms with Crippen LogP contribution in [0.4, 0.5) is 0 Å². The maximum Gasteiger partial charge on any atom is 0.0658 e. The third-order valence-electron chi connectivity index (χ3n) is 2.54. The molecule has 2 rings (SSSR count). The normalized spacial score (nSPS) is 48.3. The van der Waals surface area contributed by atoms with E-state index in [1.54, 1.807) is 0 Å². The molecule has 2 saturated heterocycles. The van der Waals surface area contributed by atoms with Crippen molar-refractivity contribution in [1.29, 1.82) is 4.78 Å². The predicted molar refractivity (Wildman–Crippen MR) is 46.8 cm³/mol. The monoisotopic (exact) mass is 190 g/mol. The van der Waals surface area contributed by atoms with Gasteiger partial charge in [-0.3, -0.25) is 4.78 Å². The van der Waals surface area contributed by atoms with Crippen LogP contribution in [-0.2, 0) is 14.5 Å². The maximum absolute atomic E-state index is 11.4. The second-order valence-electron chi connectivity index (χ2n) is 3.67. The first kappa shape index (κ1) is 8.47. The van der Waals surface area contributed by atoms with E-state index in [1.807, 2.05) is 0 Å².